The van der Waals surface area contributed by atoms with E-state index in [4.69, 9.17) is 4.74 Å². The summed E-state index contributed by atoms with van der Waals surface area (Å²) in [6.45, 7) is 4.35. The summed E-state index contributed by atoms with van der Waals surface area (Å²) in [4.78, 5) is 25.7. The second-order valence-electron chi connectivity index (χ2n) is 3.64. The molecule has 2 aromatic rings. The van der Waals surface area contributed by atoms with Gasteiger partial charge in [-0.2, -0.15) is 9.97 Å². The lowest BCUT2D eigenvalue weighted by Crippen LogP contribution is -2.01. The van der Waals surface area contributed by atoms with Gasteiger partial charge in [-0.25, -0.2) is 4.98 Å². The molecule has 0 aromatic carbocycles. The summed E-state index contributed by atoms with van der Waals surface area (Å²) in [6.07, 6.45) is 1.92. The molecular weight excluding hydrogens is 222 g/mol. The highest BCUT2D eigenvalue weighted by Gasteiger charge is 2.12. The van der Waals surface area contributed by atoms with Crippen molar-refractivity contribution in [3.8, 4) is 6.01 Å². The number of imidazole rings is 1. The summed E-state index contributed by atoms with van der Waals surface area (Å²) in [5, 5.41) is 2.85. The molecule has 0 spiro atoms. The molecule has 1 N–H and O–H groups in total. The summed E-state index contributed by atoms with van der Waals surface area (Å²) in [7, 11) is 0. The number of aryl methyl sites for hydroxylation is 1. The molecule has 2 rings (SSSR count). The third kappa shape index (κ3) is 2.38. The van der Waals surface area contributed by atoms with Crippen LogP contribution >= 0.6 is 0 Å². The van der Waals surface area contributed by atoms with Gasteiger partial charge in [0.25, 0.3) is 0 Å². The molecule has 0 fully saturated rings. The lowest BCUT2D eigenvalue weighted by molar-refractivity contribution is 0.286. The zero-order valence-corrected chi connectivity index (χ0v) is 9.73. The van der Waals surface area contributed by atoms with Crippen molar-refractivity contribution in [3.63, 3.8) is 0 Å². The second-order valence-corrected chi connectivity index (χ2v) is 3.64. The Balaban J connectivity index is 2.34. The maximum Gasteiger partial charge on any atom is 0.320 e. The molecule has 0 radical (unpaired) electrons. The Morgan fingerprint density at radius 1 is 1.35 bits per heavy atom. The average molecular weight is 235 g/mol. The van der Waals surface area contributed by atoms with E-state index in [-0.39, 0.29) is 11.8 Å². The van der Waals surface area contributed by atoms with E-state index in [0.29, 0.717) is 23.6 Å². The van der Waals surface area contributed by atoms with Crippen LogP contribution in [0.2, 0.25) is 0 Å². The fourth-order valence-corrected chi connectivity index (χ4v) is 1.42. The number of nitrogens with one attached hydrogen (secondary N) is 1. The molecule has 0 atom stereocenters. The first-order valence-electron chi connectivity index (χ1n) is 5.45. The minimum Gasteiger partial charge on any atom is -0.463 e. The standard InChI is InChI=1S/C10H13N5O2/c1-3-4-5-17-10-13-8-7(9(14-10)15-16)11-6(2)12-8/h3-5H2,1-2H3,(H,11,12,13,14). The van der Waals surface area contributed by atoms with Crippen LogP contribution in [0.5, 0.6) is 6.01 Å². The predicted molar refractivity (Wildman–Crippen MR) is 62.3 cm³/mol. The number of hydrogen-bond donors (Lipinski definition) is 1. The molecule has 90 valence electrons. The van der Waals surface area contributed by atoms with Gasteiger partial charge in [-0.15, -0.1) is 4.91 Å². The number of aromatic amines is 1. The zero-order valence-electron chi connectivity index (χ0n) is 9.73. The predicted octanol–water partition coefficient (Wildman–Crippen LogP) is 2.24. The number of hydrogen-bond acceptors (Lipinski definition) is 6. The smallest absolute Gasteiger partial charge is 0.320 e. The van der Waals surface area contributed by atoms with Crippen molar-refractivity contribution >= 4 is 17.0 Å². The SMILES string of the molecule is CCCCOc1nc(N=O)c2[nH]c(C)nc2n1. The third-order valence-electron chi connectivity index (χ3n) is 2.25. The van der Waals surface area contributed by atoms with Crippen LogP contribution in [0.4, 0.5) is 5.82 Å². The van der Waals surface area contributed by atoms with Gasteiger partial charge in [0.1, 0.15) is 11.3 Å². The molecule has 2 aromatic heterocycles. The van der Waals surface area contributed by atoms with Crippen molar-refractivity contribution in [2.45, 2.75) is 26.7 Å². The molecule has 0 saturated carbocycles. The van der Waals surface area contributed by atoms with Crippen LogP contribution in [0, 0.1) is 11.8 Å². The normalized spacial score (nSPS) is 10.7. The molecule has 0 aliphatic rings. The largest absolute Gasteiger partial charge is 0.463 e. The number of rotatable bonds is 5. The maximum absolute atomic E-state index is 10.7. The Labute approximate surface area is 97.6 Å². The molecule has 0 aliphatic heterocycles. The molecule has 17 heavy (non-hydrogen) atoms. The molecule has 0 amide bonds. The van der Waals surface area contributed by atoms with E-state index in [0.717, 1.165) is 12.8 Å². The minimum absolute atomic E-state index is 0.0297. The van der Waals surface area contributed by atoms with Crippen LogP contribution in [0.15, 0.2) is 5.18 Å². The Morgan fingerprint density at radius 3 is 2.88 bits per heavy atom. The summed E-state index contributed by atoms with van der Waals surface area (Å²) >= 11 is 0. The van der Waals surface area contributed by atoms with Gasteiger partial charge >= 0.3 is 6.01 Å². The number of fused-ring (bicyclic) bond motifs is 1. The summed E-state index contributed by atoms with van der Waals surface area (Å²) in [6, 6.07) is 0.145. The van der Waals surface area contributed by atoms with Gasteiger partial charge in [0.2, 0.25) is 5.82 Å². The average Bonchev–Trinajstić information content (AvgIpc) is 2.68. The lowest BCUT2D eigenvalue weighted by atomic mass is 10.4. The minimum atomic E-state index is 0.0297. The van der Waals surface area contributed by atoms with Crippen LogP contribution in [0.25, 0.3) is 11.2 Å². The van der Waals surface area contributed by atoms with Gasteiger partial charge in [-0.05, 0) is 18.5 Å². The van der Waals surface area contributed by atoms with E-state index in [1.165, 1.54) is 0 Å². The molecule has 0 unspecified atom stereocenters. The number of H-pyrrole nitrogens is 1. The molecule has 0 saturated heterocycles. The third-order valence-corrected chi connectivity index (χ3v) is 2.25. The van der Waals surface area contributed by atoms with E-state index >= 15 is 0 Å². The van der Waals surface area contributed by atoms with Crippen molar-refractivity contribution in [1.82, 2.24) is 19.9 Å². The highest BCUT2D eigenvalue weighted by atomic mass is 16.5. The quantitative estimate of drug-likeness (QED) is 0.633. The number of ether oxygens (including phenoxy) is 1. The molecule has 7 heteroatoms. The van der Waals surface area contributed by atoms with E-state index in [2.05, 4.69) is 32.0 Å². The fraction of sp³-hybridized carbons (Fsp3) is 0.500. The van der Waals surface area contributed by atoms with Gasteiger partial charge in [0, 0.05) is 0 Å². The van der Waals surface area contributed by atoms with Crippen LogP contribution in [-0.4, -0.2) is 26.5 Å². The first-order chi connectivity index (χ1) is 8.24. The lowest BCUT2D eigenvalue weighted by Gasteiger charge is -2.02. The van der Waals surface area contributed by atoms with Gasteiger partial charge in [0.05, 0.1) is 6.61 Å². The van der Waals surface area contributed by atoms with Crippen LogP contribution in [0.1, 0.15) is 25.6 Å². The number of aromatic nitrogens is 4. The number of nitrogens with zero attached hydrogens (tertiary/aromatic N) is 4. The summed E-state index contributed by atoms with van der Waals surface area (Å²) in [5.74, 6) is 0.687. The van der Waals surface area contributed by atoms with E-state index < -0.39 is 0 Å². The van der Waals surface area contributed by atoms with Gasteiger partial charge in [-0.1, -0.05) is 13.3 Å². The Bertz CT molecular complexity index is 537. The Hall–Kier alpha value is -2.05. The fourth-order valence-electron chi connectivity index (χ4n) is 1.42. The molecule has 2 heterocycles. The van der Waals surface area contributed by atoms with Crippen LogP contribution in [0.3, 0.4) is 0 Å². The van der Waals surface area contributed by atoms with Crippen LogP contribution in [-0.2, 0) is 0 Å². The number of nitroso groups, excluding NO2 is 1. The van der Waals surface area contributed by atoms with Gasteiger partial charge < -0.3 is 9.72 Å². The number of unbranched alkanes of at least 4 members (excludes halogenated alkanes) is 1. The first-order valence-corrected chi connectivity index (χ1v) is 5.45. The molecule has 0 bridgehead atoms. The summed E-state index contributed by atoms with van der Waals surface area (Å²) in [5.41, 5.74) is 0.846. The highest BCUT2D eigenvalue weighted by molar-refractivity contribution is 5.81. The van der Waals surface area contributed by atoms with Crippen LogP contribution < -0.4 is 4.74 Å². The zero-order chi connectivity index (χ0) is 12.3. The van der Waals surface area contributed by atoms with E-state index in [1.54, 1.807) is 6.92 Å². The van der Waals surface area contributed by atoms with Crippen molar-refractivity contribution in [2.75, 3.05) is 6.61 Å². The van der Waals surface area contributed by atoms with Crippen molar-refractivity contribution in [3.05, 3.63) is 10.7 Å². The molecule has 7 nitrogen and oxygen atoms in total. The maximum atomic E-state index is 10.7. The summed E-state index contributed by atoms with van der Waals surface area (Å²) < 4.78 is 5.33. The molecular formula is C10H13N5O2. The first kappa shape index (κ1) is 11.4. The Kier molecular flexibility index (Phi) is 3.27. The van der Waals surface area contributed by atoms with E-state index in [1.807, 2.05) is 0 Å². The second kappa shape index (κ2) is 4.86. The van der Waals surface area contributed by atoms with Crippen molar-refractivity contribution in [2.24, 2.45) is 5.18 Å². The van der Waals surface area contributed by atoms with E-state index in [9.17, 15) is 4.91 Å². The molecule has 0 aliphatic carbocycles. The van der Waals surface area contributed by atoms with Gasteiger partial charge in [0.15, 0.2) is 5.65 Å². The highest BCUT2D eigenvalue weighted by Crippen LogP contribution is 2.22. The Morgan fingerprint density at radius 2 is 2.18 bits per heavy atom. The van der Waals surface area contributed by atoms with Crippen molar-refractivity contribution < 1.29 is 4.74 Å². The monoisotopic (exact) mass is 235 g/mol. The van der Waals surface area contributed by atoms with Crippen molar-refractivity contribution in [1.29, 1.82) is 0 Å². The topological polar surface area (TPSA) is 93.1 Å². The van der Waals surface area contributed by atoms with Gasteiger partial charge in [-0.3, -0.25) is 0 Å².